The van der Waals surface area contributed by atoms with Gasteiger partial charge in [-0.25, -0.2) is 0 Å². The van der Waals surface area contributed by atoms with E-state index in [0.29, 0.717) is 17.7 Å². The predicted octanol–water partition coefficient (Wildman–Crippen LogP) is 1.01. The summed E-state index contributed by atoms with van der Waals surface area (Å²) in [5.41, 5.74) is 7.27. The Hall–Kier alpha value is -2.01. The Morgan fingerprint density at radius 2 is 2.29 bits per heavy atom. The molecular weight excluding hydrogens is 222 g/mol. The molecule has 5 heteroatoms. The van der Waals surface area contributed by atoms with E-state index in [9.17, 15) is 9.90 Å². The van der Waals surface area contributed by atoms with Crippen molar-refractivity contribution in [2.45, 2.75) is 18.9 Å². The quantitative estimate of drug-likeness (QED) is 0.727. The molecule has 0 saturated heterocycles. The average molecular weight is 235 g/mol. The number of aliphatic carboxylic acids is 1. The van der Waals surface area contributed by atoms with Crippen LogP contribution in [0, 0.1) is 0 Å². The number of rotatable bonds is 3. The van der Waals surface area contributed by atoms with Gasteiger partial charge >= 0.3 is 5.97 Å². The van der Waals surface area contributed by atoms with E-state index in [1.54, 1.807) is 12.1 Å². The summed E-state index contributed by atoms with van der Waals surface area (Å²) in [6.45, 7) is 0. The molecule has 0 fully saturated rings. The zero-order chi connectivity index (χ0) is 12.4. The van der Waals surface area contributed by atoms with E-state index >= 15 is 0 Å². The summed E-state index contributed by atoms with van der Waals surface area (Å²) >= 11 is 0. The molecule has 2 rings (SSSR count). The van der Waals surface area contributed by atoms with Gasteiger partial charge in [0.15, 0.2) is 0 Å². The van der Waals surface area contributed by atoms with E-state index in [4.69, 9.17) is 15.6 Å². The van der Waals surface area contributed by atoms with Crippen molar-refractivity contribution in [3.8, 4) is 11.5 Å². The maximum atomic E-state index is 10.6. The molecule has 0 radical (unpaired) electrons. The highest BCUT2D eigenvalue weighted by molar-refractivity contribution is 5.68. The summed E-state index contributed by atoms with van der Waals surface area (Å²) in [6.07, 6.45) is 1.86. The minimum Gasteiger partial charge on any atom is -0.508 e. The minimum absolute atomic E-state index is 0.136. The molecule has 1 unspecified atom stereocenters. The summed E-state index contributed by atoms with van der Waals surface area (Å²) in [5.74, 6) is -0.130. The van der Waals surface area contributed by atoms with E-state index < -0.39 is 12.0 Å². The first-order valence-corrected chi connectivity index (χ1v) is 5.21. The number of carbonyl (C=O) groups is 1. The van der Waals surface area contributed by atoms with Gasteiger partial charge in [-0.3, -0.25) is 4.79 Å². The van der Waals surface area contributed by atoms with Gasteiger partial charge in [0.1, 0.15) is 11.5 Å². The van der Waals surface area contributed by atoms with E-state index in [-0.39, 0.29) is 12.2 Å². The Kier molecular flexibility index (Phi) is 3.01. The number of hydrogen-bond donors (Lipinski definition) is 3. The molecule has 0 amide bonds. The average Bonchev–Trinajstić information content (AvgIpc) is 2.27. The monoisotopic (exact) mass is 235 g/mol. The van der Waals surface area contributed by atoms with Crippen LogP contribution in [-0.4, -0.2) is 22.2 Å². The minimum atomic E-state index is -0.944. The third kappa shape index (κ3) is 2.57. The van der Waals surface area contributed by atoms with E-state index in [2.05, 4.69) is 0 Å². The number of aromatic hydroxyl groups is 1. The second-order valence-electron chi connectivity index (χ2n) is 3.98. The van der Waals surface area contributed by atoms with E-state index in [1.165, 1.54) is 12.3 Å². The van der Waals surface area contributed by atoms with Gasteiger partial charge in [0.2, 0.25) is 0 Å². The molecule has 1 aromatic rings. The summed E-state index contributed by atoms with van der Waals surface area (Å²) in [4.78, 5) is 10.6. The molecule has 0 spiro atoms. The maximum absolute atomic E-state index is 10.6. The van der Waals surface area contributed by atoms with Crippen molar-refractivity contribution in [3.05, 3.63) is 35.6 Å². The number of carboxylic acid groups (broad SMARTS) is 1. The SMILES string of the molecule is NC(CC(=O)O)C1=COc2ccc(O)cc2C1. The van der Waals surface area contributed by atoms with Crippen LogP contribution in [0.5, 0.6) is 11.5 Å². The van der Waals surface area contributed by atoms with Crippen molar-refractivity contribution in [3.63, 3.8) is 0 Å². The standard InChI is InChI=1S/C12H13NO4/c13-10(5-12(15)16)8-3-7-4-9(14)1-2-11(7)17-6-8/h1-2,4,6,10,14H,3,5,13H2,(H,15,16). The van der Waals surface area contributed by atoms with Crippen molar-refractivity contribution in [1.29, 1.82) is 0 Å². The first-order chi connectivity index (χ1) is 8.06. The lowest BCUT2D eigenvalue weighted by molar-refractivity contribution is -0.137. The van der Waals surface area contributed by atoms with Crippen LogP contribution in [0.1, 0.15) is 12.0 Å². The Morgan fingerprint density at radius 1 is 1.53 bits per heavy atom. The summed E-state index contributed by atoms with van der Waals surface area (Å²) in [6, 6.07) is 4.23. The molecule has 90 valence electrons. The lowest BCUT2D eigenvalue weighted by Crippen LogP contribution is -2.28. The largest absolute Gasteiger partial charge is 0.508 e. The first kappa shape index (κ1) is 11.5. The van der Waals surface area contributed by atoms with Crippen LogP contribution in [0.15, 0.2) is 30.0 Å². The van der Waals surface area contributed by atoms with Crippen molar-refractivity contribution in [2.75, 3.05) is 0 Å². The topological polar surface area (TPSA) is 92.8 Å². The molecule has 4 N–H and O–H groups in total. The Labute approximate surface area is 98.1 Å². The summed E-state index contributed by atoms with van der Waals surface area (Å²) < 4.78 is 5.35. The summed E-state index contributed by atoms with van der Waals surface area (Å²) in [5, 5.41) is 18.0. The fraction of sp³-hybridized carbons (Fsp3) is 0.250. The second kappa shape index (κ2) is 4.47. The van der Waals surface area contributed by atoms with Gasteiger partial charge < -0.3 is 20.7 Å². The molecule has 1 aliphatic heterocycles. The van der Waals surface area contributed by atoms with Crippen LogP contribution in [0.4, 0.5) is 0 Å². The number of carboxylic acids is 1. The Morgan fingerprint density at radius 3 is 3.00 bits per heavy atom. The molecule has 1 heterocycles. The van der Waals surface area contributed by atoms with Crippen LogP contribution in [-0.2, 0) is 11.2 Å². The zero-order valence-electron chi connectivity index (χ0n) is 9.09. The third-order valence-electron chi connectivity index (χ3n) is 2.65. The van der Waals surface area contributed by atoms with Crippen LogP contribution in [0.2, 0.25) is 0 Å². The zero-order valence-corrected chi connectivity index (χ0v) is 9.09. The van der Waals surface area contributed by atoms with Crippen molar-refractivity contribution in [1.82, 2.24) is 0 Å². The van der Waals surface area contributed by atoms with Crippen molar-refractivity contribution < 1.29 is 19.7 Å². The highest BCUT2D eigenvalue weighted by Gasteiger charge is 2.19. The van der Waals surface area contributed by atoms with Crippen LogP contribution >= 0.6 is 0 Å². The van der Waals surface area contributed by atoms with E-state index in [0.717, 1.165) is 5.56 Å². The third-order valence-corrected chi connectivity index (χ3v) is 2.65. The lowest BCUT2D eigenvalue weighted by atomic mass is 9.96. The molecule has 17 heavy (non-hydrogen) atoms. The van der Waals surface area contributed by atoms with Crippen molar-refractivity contribution in [2.24, 2.45) is 5.73 Å². The molecule has 1 atom stereocenters. The smallest absolute Gasteiger partial charge is 0.305 e. The van der Waals surface area contributed by atoms with E-state index in [1.807, 2.05) is 0 Å². The first-order valence-electron chi connectivity index (χ1n) is 5.21. The van der Waals surface area contributed by atoms with Crippen LogP contribution < -0.4 is 10.5 Å². The second-order valence-corrected chi connectivity index (χ2v) is 3.98. The van der Waals surface area contributed by atoms with Gasteiger partial charge in [-0.15, -0.1) is 0 Å². The highest BCUT2D eigenvalue weighted by atomic mass is 16.5. The van der Waals surface area contributed by atoms with Gasteiger partial charge in [-0.2, -0.15) is 0 Å². The molecule has 1 aliphatic rings. The lowest BCUT2D eigenvalue weighted by Gasteiger charge is -2.20. The number of phenols is 1. The van der Waals surface area contributed by atoms with Gasteiger partial charge in [0.25, 0.3) is 0 Å². The Balaban J connectivity index is 2.15. The number of fused-ring (bicyclic) bond motifs is 1. The van der Waals surface area contributed by atoms with Gasteiger partial charge in [0, 0.05) is 18.0 Å². The number of benzene rings is 1. The van der Waals surface area contributed by atoms with Crippen molar-refractivity contribution >= 4 is 5.97 Å². The number of nitrogens with two attached hydrogens (primary N) is 1. The van der Waals surface area contributed by atoms with Gasteiger partial charge in [-0.1, -0.05) is 0 Å². The number of hydrogen-bond acceptors (Lipinski definition) is 4. The number of phenolic OH excluding ortho intramolecular Hbond substituents is 1. The predicted molar refractivity (Wildman–Crippen MR) is 60.8 cm³/mol. The number of ether oxygens (including phenoxy) is 1. The maximum Gasteiger partial charge on any atom is 0.305 e. The molecule has 0 aliphatic carbocycles. The molecule has 5 nitrogen and oxygen atoms in total. The molecule has 1 aromatic carbocycles. The fourth-order valence-electron chi connectivity index (χ4n) is 1.76. The fourth-order valence-corrected chi connectivity index (χ4v) is 1.76. The highest BCUT2D eigenvalue weighted by Crippen LogP contribution is 2.30. The van der Waals surface area contributed by atoms with Crippen LogP contribution in [0.3, 0.4) is 0 Å². The molecule has 0 saturated carbocycles. The van der Waals surface area contributed by atoms with Crippen LogP contribution in [0.25, 0.3) is 0 Å². The molecule has 0 aromatic heterocycles. The molecular formula is C12H13NO4. The molecule has 0 bridgehead atoms. The normalized spacial score (nSPS) is 15.5. The summed E-state index contributed by atoms with van der Waals surface area (Å²) in [7, 11) is 0. The Bertz CT molecular complexity index is 481. The van der Waals surface area contributed by atoms with Gasteiger partial charge in [0.05, 0.1) is 12.7 Å². The van der Waals surface area contributed by atoms with Gasteiger partial charge in [-0.05, 0) is 23.8 Å².